The van der Waals surface area contributed by atoms with Crippen LogP contribution in [0.25, 0.3) is 0 Å². The van der Waals surface area contributed by atoms with E-state index in [0.29, 0.717) is 17.7 Å². The lowest BCUT2D eigenvalue weighted by Gasteiger charge is -1.98. The Hall–Kier alpha value is -1.89. The maximum Gasteiger partial charge on any atom is 0.218 e. The van der Waals surface area contributed by atoms with Gasteiger partial charge in [0.1, 0.15) is 11.9 Å². The average Bonchev–Trinajstić information content (AvgIpc) is 2.67. The Labute approximate surface area is 80.4 Å². The third-order valence-electron chi connectivity index (χ3n) is 2.00. The van der Waals surface area contributed by atoms with Crippen LogP contribution in [0.15, 0.2) is 29.4 Å². The van der Waals surface area contributed by atoms with E-state index in [1.54, 1.807) is 18.2 Å². The number of oxime groups is 1. The fourth-order valence-corrected chi connectivity index (χ4v) is 1.30. The SMILES string of the molecule is N#C[C@@H]1CC(c2ccccc2F)=NO1. The molecule has 0 aromatic heterocycles. The zero-order valence-corrected chi connectivity index (χ0v) is 7.27. The van der Waals surface area contributed by atoms with Gasteiger partial charge in [-0.3, -0.25) is 0 Å². The van der Waals surface area contributed by atoms with Crippen LogP contribution < -0.4 is 0 Å². The van der Waals surface area contributed by atoms with E-state index in [0.717, 1.165) is 0 Å². The molecule has 1 atom stereocenters. The van der Waals surface area contributed by atoms with Crippen LogP contribution in [-0.2, 0) is 4.84 Å². The summed E-state index contributed by atoms with van der Waals surface area (Å²) >= 11 is 0. The van der Waals surface area contributed by atoms with Crippen LogP contribution >= 0.6 is 0 Å². The molecular weight excluding hydrogens is 183 g/mol. The van der Waals surface area contributed by atoms with Gasteiger partial charge in [-0.2, -0.15) is 5.26 Å². The minimum Gasteiger partial charge on any atom is -0.376 e. The second kappa shape index (κ2) is 3.46. The quantitative estimate of drug-likeness (QED) is 0.678. The molecule has 70 valence electrons. The number of nitrogens with zero attached hydrogens (tertiary/aromatic N) is 2. The fourth-order valence-electron chi connectivity index (χ4n) is 1.30. The Bertz CT molecular complexity index is 422. The zero-order chi connectivity index (χ0) is 9.97. The van der Waals surface area contributed by atoms with E-state index in [1.807, 2.05) is 6.07 Å². The van der Waals surface area contributed by atoms with Gasteiger partial charge in [-0.05, 0) is 6.07 Å². The Kier molecular flexibility index (Phi) is 2.15. The first-order valence-corrected chi connectivity index (χ1v) is 4.18. The molecule has 0 unspecified atom stereocenters. The van der Waals surface area contributed by atoms with Gasteiger partial charge in [0.2, 0.25) is 6.10 Å². The minimum atomic E-state index is -0.579. The molecule has 0 spiro atoms. The summed E-state index contributed by atoms with van der Waals surface area (Å²) in [5.74, 6) is -0.339. The molecule has 0 amide bonds. The summed E-state index contributed by atoms with van der Waals surface area (Å²) in [5.41, 5.74) is 0.903. The summed E-state index contributed by atoms with van der Waals surface area (Å²) < 4.78 is 13.3. The van der Waals surface area contributed by atoms with Gasteiger partial charge in [0, 0.05) is 12.0 Å². The predicted molar refractivity (Wildman–Crippen MR) is 48.0 cm³/mol. The molecule has 1 aromatic carbocycles. The zero-order valence-electron chi connectivity index (χ0n) is 7.27. The number of hydrogen-bond donors (Lipinski definition) is 0. The van der Waals surface area contributed by atoms with Crippen LogP contribution in [-0.4, -0.2) is 11.8 Å². The molecular formula is C10H7FN2O. The molecule has 0 N–H and O–H groups in total. The molecule has 14 heavy (non-hydrogen) atoms. The molecule has 4 heteroatoms. The van der Waals surface area contributed by atoms with Crippen LogP contribution in [0.3, 0.4) is 0 Å². The van der Waals surface area contributed by atoms with E-state index in [-0.39, 0.29) is 5.82 Å². The standard InChI is InChI=1S/C10H7FN2O/c11-9-4-2-1-3-8(9)10-5-7(6-12)14-13-10/h1-4,7H,5H2/t7-/m0/s1. The van der Waals surface area contributed by atoms with Crippen molar-refractivity contribution in [3.63, 3.8) is 0 Å². The van der Waals surface area contributed by atoms with Crippen LogP contribution in [0.2, 0.25) is 0 Å². The van der Waals surface area contributed by atoms with Crippen LogP contribution in [0, 0.1) is 17.1 Å². The van der Waals surface area contributed by atoms with Crippen LogP contribution in [0.5, 0.6) is 0 Å². The average molecular weight is 190 g/mol. The van der Waals surface area contributed by atoms with Crippen molar-refractivity contribution in [2.75, 3.05) is 0 Å². The van der Waals surface area contributed by atoms with Crippen molar-refractivity contribution >= 4 is 5.71 Å². The monoisotopic (exact) mass is 190 g/mol. The van der Waals surface area contributed by atoms with E-state index >= 15 is 0 Å². The summed E-state index contributed by atoms with van der Waals surface area (Å²) in [6.07, 6.45) is -0.234. The molecule has 3 nitrogen and oxygen atoms in total. The summed E-state index contributed by atoms with van der Waals surface area (Å²) in [4.78, 5) is 4.78. The number of hydrogen-bond acceptors (Lipinski definition) is 3. The first-order valence-electron chi connectivity index (χ1n) is 4.18. The number of benzene rings is 1. The van der Waals surface area contributed by atoms with Gasteiger partial charge >= 0.3 is 0 Å². The lowest BCUT2D eigenvalue weighted by Crippen LogP contribution is -2.06. The topological polar surface area (TPSA) is 45.4 Å². The van der Waals surface area contributed by atoms with Crippen molar-refractivity contribution in [3.05, 3.63) is 35.6 Å². The van der Waals surface area contributed by atoms with Gasteiger partial charge in [-0.15, -0.1) is 0 Å². The summed E-state index contributed by atoms with van der Waals surface area (Å²) in [5, 5.41) is 12.2. The van der Waals surface area contributed by atoms with Crippen LogP contribution in [0.1, 0.15) is 12.0 Å². The molecule has 2 rings (SSSR count). The van der Waals surface area contributed by atoms with Crippen LogP contribution in [0.4, 0.5) is 4.39 Å². The molecule has 0 saturated carbocycles. The Morgan fingerprint density at radius 1 is 1.50 bits per heavy atom. The largest absolute Gasteiger partial charge is 0.376 e. The predicted octanol–water partition coefficient (Wildman–Crippen LogP) is 1.84. The van der Waals surface area contributed by atoms with E-state index in [2.05, 4.69) is 5.16 Å². The summed E-state index contributed by atoms with van der Waals surface area (Å²) in [6.45, 7) is 0. The van der Waals surface area contributed by atoms with Crippen molar-refractivity contribution in [2.45, 2.75) is 12.5 Å². The van der Waals surface area contributed by atoms with Gasteiger partial charge in [-0.25, -0.2) is 4.39 Å². The van der Waals surface area contributed by atoms with Gasteiger partial charge in [0.15, 0.2) is 0 Å². The summed E-state index contributed by atoms with van der Waals surface area (Å²) in [7, 11) is 0. The first-order chi connectivity index (χ1) is 6.81. The van der Waals surface area contributed by atoms with Crippen molar-refractivity contribution in [3.8, 4) is 6.07 Å². The van der Waals surface area contributed by atoms with E-state index in [9.17, 15) is 4.39 Å². The van der Waals surface area contributed by atoms with Crippen molar-refractivity contribution in [1.82, 2.24) is 0 Å². The van der Waals surface area contributed by atoms with Gasteiger partial charge < -0.3 is 4.84 Å². The van der Waals surface area contributed by atoms with Gasteiger partial charge in [0.25, 0.3) is 0 Å². The van der Waals surface area contributed by atoms with Crippen molar-refractivity contribution in [1.29, 1.82) is 5.26 Å². The lowest BCUT2D eigenvalue weighted by atomic mass is 10.1. The third-order valence-corrected chi connectivity index (χ3v) is 2.00. The maximum atomic E-state index is 13.3. The van der Waals surface area contributed by atoms with E-state index in [1.165, 1.54) is 6.07 Å². The lowest BCUT2D eigenvalue weighted by molar-refractivity contribution is 0.125. The second-order valence-electron chi connectivity index (χ2n) is 2.95. The smallest absolute Gasteiger partial charge is 0.218 e. The molecule has 0 aliphatic carbocycles. The number of halogens is 1. The highest BCUT2D eigenvalue weighted by atomic mass is 19.1. The highest BCUT2D eigenvalue weighted by molar-refractivity contribution is 6.01. The minimum absolute atomic E-state index is 0.339. The Morgan fingerprint density at radius 2 is 2.29 bits per heavy atom. The van der Waals surface area contributed by atoms with Gasteiger partial charge in [-0.1, -0.05) is 23.4 Å². The molecule has 1 aliphatic rings. The second-order valence-corrected chi connectivity index (χ2v) is 2.95. The molecule has 0 fully saturated rings. The molecule has 1 aromatic rings. The Morgan fingerprint density at radius 3 is 2.93 bits per heavy atom. The van der Waals surface area contributed by atoms with E-state index < -0.39 is 6.10 Å². The maximum absolute atomic E-state index is 13.3. The van der Waals surface area contributed by atoms with Crippen molar-refractivity contribution in [2.24, 2.45) is 5.16 Å². The molecule has 1 aliphatic heterocycles. The highest BCUT2D eigenvalue weighted by Gasteiger charge is 2.23. The molecule has 0 bridgehead atoms. The summed E-state index contributed by atoms with van der Waals surface area (Å²) in [6, 6.07) is 8.24. The van der Waals surface area contributed by atoms with Gasteiger partial charge in [0.05, 0.1) is 5.71 Å². The highest BCUT2D eigenvalue weighted by Crippen LogP contribution is 2.18. The third kappa shape index (κ3) is 1.44. The fraction of sp³-hybridized carbons (Fsp3) is 0.200. The first kappa shape index (κ1) is 8.70. The molecule has 0 saturated heterocycles. The van der Waals surface area contributed by atoms with Crippen molar-refractivity contribution < 1.29 is 9.23 Å². The van der Waals surface area contributed by atoms with E-state index in [4.69, 9.17) is 10.1 Å². The normalized spacial score (nSPS) is 19.7. The number of rotatable bonds is 1. The molecule has 1 heterocycles. The Balaban J connectivity index is 2.27. The number of nitriles is 1. The molecule has 0 radical (unpaired) electrons.